The number of rotatable bonds is 4. The van der Waals surface area contributed by atoms with Crippen LogP contribution in [-0.2, 0) is 19.4 Å². The second-order valence-corrected chi connectivity index (χ2v) is 6.06. The van der Waals surface area contributed by atoms with Crippen molar-refractivity contribution in [2.24, 2.45) is 0 Å². The molecule has 5 heteroatoms. The van der Waals surface area contributed by atoms with E-state index in [-0.39, 0.29) is 5.56 Å². The minimum atomic E-state index is 0.0142. The summed E-state index contributed by atoms with van der Waals surface area (Å²) >= 11 is 1.72. The van der Waals surface area contributed by atoms with Crippen molar-refractivity contribution >= 4 is 17.7 Å². The van der Waals surface area contributed by atoms with E-state index in [4.69, 9.17) is 0 Å². The number of fused-ring (bicyclic) bond motifs is 1. The predicted molar refractivity (Wildman–Crippen MR) is 87.0 cm³/mol. The number of H-pyrrole nitrogens is 1. The molecule has 0 atom stereocenters. The molecular weight excluding hydrogens is 282 g/mol. The molecule has 0 saturated heterocycles. The minimum Gasteiger partial charge on any atom is -0.352 e. The fraction of sp³-hybridized carbons (Fsp3) is 0.375. The van der Waals surface area contributed by atoms with Crippen LogP contribution in [0, 0.1) is 0 Å². The molecule has 110 valence electrons. The van der Waals surface area contributed by atoms with Crippen LogP contribution in [0.3, 0.4) is 0 Å². The van der Waals surface area contributed by atoms with Gasteiger partial charge in [0, 0.05) is 17.0 Å². The molecular formula is C16H19N3OS. The highest BCUT2D eigenvalue weighted by Crippen LogP contribution is 2.21. The molecule has 0 fully saturated rings. The van der Waals surface area contributed by atoms with E-state index in [0.29, 0.717) is 12.5 Å². The summed E-state index contributed by atoms with van der Waals surface area (Å²) in [5, 5.41) is 3.25. The third-order valence-corrected chi connectivity index (χ3v) is 4.67. The third kappa shape index (κ3) is 3.13. The molecule has 0 bridgehead atoms. The first-order valence-electron chi connectivity index (χ1n) is 7.26. The van der Waals surface area contributed by atoms with Gasteiger partial charge in [0.1, 0.15) is 0 Å². The largest absolute Gasteiger partial charge is 0.352 e. The van der Waals surface area contributed by atoms with Gasteiger partial charge < -0.3 is 5.32 Å². The van der Waals surface area contributed by atoms with Crippen molar-refractivity contribution in [2.45, 2.75) is 37.1 Å². The minimum absolute atomic E-state index is 0.0142. The van der Waals surface area contributed by atoms with Gasteiger partial charge in [-0.2, -0.15) is 0 Å². The highest BCUT2D eigenvalue weighted by Gasteiger charge is 2.15. The van der Waals surface area contributed by atoms with Crippen molar-refractivity contribution in [2.75, 3.05) is 11.6 Å². The first-order valence-corrected chi connectivity index (χ1v) is 8.48. The van der Waals surface area contributed by atoms with E-state index in [1.165, 1.54) is 10.5 Å². The van der Waals surface area contributed by atoms with Crippen molar-refractivity contribution in [1.29, 1.82) is 0 Å². The smallest absolute Gasteiger partial charge is 0.255 e. The lowest BCUT2D eigenvalue weighted by atomic mass is 9.97. The van der Waals surface area contributed by atoms with Gasteiger partial charge in [-0.3, -0.25) is 9.78 Å². The Morgan fingerprint density at radius 1 is 1.29 bits per heavy atom. The molecule has 2 N–H and O–H groups in total. The Bertz CT molecular complexity index is 696. The maximum atomic E-state index is 12.1. The van der Waals surface area contributed by atoms with E-state index in [0.717, 1.165) is 36.9 Å². The first kappa shape index (κ1) is 14.2. The van der Waals surface area contributed by atoms with Crippen molar-refractivity contribution in [3.8, 4) is 0 Å². The fourth-order valence-electron chi connectivity index (χ4n) is 2.71. The lowest BCUT2D eigenvalue weighted by Gasteiger charge is -2.15. The van der Waals surface area contributed by atoms with E-state index in [1.54, 1.807) is 11.8 Å². The number of aromatic amines is 1. The molecule has 0 unspecified atom stereocenters. The number of benzene rings is 1. The van der Waals surface area contributed by atoms with Crippen LogP contribution in [0.4, 0.5) is 5.95 Å². The molecule has 0 amide bonds. The zero-order valence-corrected chi connectivity index (χ0v) is 12.9. The SMILES string of the molecule is CSc1ccccc1CNc1nc2c(c(=O)[nH]1)CCCC2. The number of aryl methyl sites for hydroxylation is 1. The second-order valence-electron chi connectivity index (χ2n) is 5.21. The van der Waals surface area contributed by atoms with Crippen molar-refractivity contribution < 1.29 is 0 Å². The quantitative estimate of drug-likeness (QED) is 0.852. The number of hydrogen-bond acceptors (Lipinski definition) is 4. The van der Waals surface area contributed by atoms with Crippen molar-refractivity contribution in [3.63, 3.8) is 0 Å². The van der Waals surface area contributed by atoms with Gasteiger partial charge in [0.15, 0.2) is 0 Å². The average molecular weight is 301 g/mol. The molecule has 0 aliphatic heterocycles. The Balaban J connectivity index is 1.79. The molecule has 0 spiro atoms. The molecule has 0 radical (unpaired) electrons. The average Bonchev–Trinajstić information content (AvgIpc) is 2.53. The van der Waals surface area contributed by atoms with Gasteiger partial charge in [0.2, 0.25) is 5.95 Å². The Morgan fingerprint density at radius 3 is 2.95 bits per heavy atom. The van der Waals surface area contributed by atoms with Gasteiger partial charge in [-0.25, -0.2) is 4.98 Å². The van der Waals surface area contributed by atoms with E-state index in [9.17, 15) is 4.79 Å². The standard InChI is InChI=1S/C16H19N3OS/c1-21-14-9-5-2-6-11(14)10-17-16-18-13-8-4-3-7-12(13)15(20)19-16/h2,5-6,9H,3-4,7-8,10H2,1H3,(H2,17,18,19,20). The molecule has 21 heavy (non-hydrogen) atoms. The van der Waals surface area contributed by atoms with Crippen LogP contribution in [0.15, 0.2) is 34.0 Å². The Kier molecular flexibility index (Phi) is 4.29. The zero-order chi connectivity index (χ0) is 14.7. The van der Waals surface area contributed by atoms with Crippen LogP contribution in [0.2, 0.25) is 0 Å². The lowest BCUT2D eigenvalue weighted by molar-refractivity contribution is 0.657. The summed E-state index contributed by atoms with van der Waals surface area (Å²) in [5.41, 5.74) is 3.06. The summed E-state index contributed by atoms with van der Waals surface area (Å²) in [6.07, 6.45) is 6.05. The topological polar surface area (TPSA) is 57.8 Å². The normalized spacial score (nSPS) is 13.8. The summed E-state index contributed by atoms with van der Waals surface area (Å²) in [5.74, 6) is 0.580. The molecule has 2 aromatic rings. The lowest BCUT2D eigenvalue weighted by Crippen LogP contribution is -2.22. The molecule has 3 rings (SSSR count). The summed E-state index contributed by atoms with van der Waals surface area (Å²) in [7, 11) is 0. The number of hydrogen-bond donors (Lipinski definition) is 2. The molecule has 0 saturated carbocycles. The Morgan fingerprint density at radius 2 is 2.10 bits per heavy atom. The number of anilines is 1. The van der Waals surface area contributed by atoms with Crippen LogP contribution >= 0.6 is 11.8 Å². The van der Waals surface area contributed by atoms with E-state index in [2.05, 4.69) is 33.7 Å². The molecule has 1 aromatic carbocycles. The van der Waals surface area contributed by atoms with Gasteiger partial charge in [-0.15, -0.1) is 11.8 Å². The van der Waals surface area contributed by atoms with Gasteiger partial charge in [-0.1, -0.05) is 18.2 Å². The highest BCUT2D eigenvalue weighted by atomic mass is 32.2. The fourth-order valence-corrected chi connectivity index (χ4v) is 3.33. The first-order chi connectivity index (χ1) is 10.3. The number of nitrogens with zero attached hydrogens (tertiary/aromatic N) is 1. The van der Waals surface area contributed by atoms with E-state index in [1.807, 2.05) is 12.1 Å². The van der Waals surface area contributed by atoms with Crippen LogP contribution in [-0.4, -0.2) is 16.2 Å². The van der Waals surface area contributed by atoms with Gasteiger partial charge >= 0.3 is 0 Å². The maximum absolute atomic E-state index is 12.1. The van der Waals surface area contributed by atoms with Crippen molar-refractivity contribution in [3.05, 3.63) is 51.4 Å². The molecule has 1 heterocycles. The third-order valence-electron chi connectivity index (χ3n) is 3.83. The summed E-state index contributed by atoms with van der Waals surface area (Å²) < 4.78 is 0. The van der Waals surface area contributed by atoms with Crippen LogP contribution in [0.1, 0.15) is 29.7 Å². The Hall–Kier alpha value is -1.75. The number of thioether (sulfide) groups is 1. The van der Waals surface area contributed by atoms with Crippen LogP contribution < -0.4 is 10.9 Å². The van der Waals surface area contributed by atoms with Gasteiger partial charge in [-0.05, 0) is 43.6 Å². The second kappa shape index (κ2) is 6.35. The maximum Gasteiger partial charge on any atom is 0.255 e. The summed E-state index contributed by atoms with van der Waals surface area (Å²) in [6.45, 7) is 0.665. The molecule has 1 aliphatic carbocycles. The van der Waals surface area contributed by atoms with Gasteiger partial charge in [0.05, 0.1) is 5.69 Å². The van der Waals surface area contributed by atoms with E-state index < -0.39 is 0 Å². The van der Waals surface area contributed by atoms with Crippen LogP contribution in [0.5, 0.6) is 0 Å². The van der Waals surface area contributed by atoms with Crippen LogP contribution in [0.25, 0.3) is 0 Å². The predicted octanol–water partition coefficient (Wildman–Crippen LogP) is 2.98. The highest BCUT2D eigenvalue weighted by molar-refractivity contribution is 7.98. The molecule has 1 aliphatic rings. The molecule has 4 nitrogen and oxygen atoms in total. The van der Waals surface area contributed by atoms with Gasteiger partial charge in [0.25, 0.3) is 5.56 Å². The number of aromatic nitrogens is 2. The zero-order valence-electron chi connectivity index (χ0n) is 12.1. The Labute approximate surface area is 128 Å². The monoisotopic (exact) mass is 301 g/mol. The van der Waals surface area contributed by atoms with E-state index >= 15 is 0 Å². The van der Waals surface area contributed by atoms with Crippen molar-refractivity contribution in [1.82, 2.24) is 9.97 Å². The molecule has 1 aromatic heterocycles. The summed E-state index contributed by atoms with van der Waals surface area (Å²) in [6, 6.07) is 8.26. The number of nitrogens with one attached hydrogen (secondary N) is 2. The summed E-state index contributed by atoms with van der Waals surface area (Å²) in [4.78, 5) is 20.8.